The molecule has 0 bridgehead atoms. The first-order valence-corrected chi connectivity index (χ1v) is 7.78. The number of aliphatic carboxylic acids is 1. The van der Waals surface area contributed by atoms with Gasteiger partial charge >= 0.3 is 12.0 Å². The largest absolute Gasteiger partial charge is 0.481 e. The number of nitrogens with zero attached hydrogens (tertiary/aromatic N) is 1. The van der Waals surface area contributed by atoms with E-state index in [1.807, 2.05) is 0 Å². The Balaban J connectivity index is 1.51. The zero-order chi connectivity index (χ0) is 16.0. The van der Waals surface area contributed by atoms with E-state index in [1.165, 1.54) is 0 Å². The first-order valence-electron chi connectivity index (χ1n) is 7.78. The Labute approximate surface area is 133 Å². The number of benzene rings is 1. The summed E-state index contributed by atoms with van der Waals surface area (Å²) in [7, 11) is 0. The third-order valence-electron chi connectivity index (χ3n) is 5.22. The molecule has 2 fully saturated rings. The molecule has 2 aliphatic heterocycles. The molecule has 0 radical (unpaired) electrons. The van der Waals surface area contributed by atoms with Crippen LogP contribution >= 0.6 is 0 Å². The highest BCUT2D eigenvalue weighted by molar-refractivity contribution is 5.92. The van der Waals surface area contributed by atoms with Crippen LogP contribution in [-0.4, -0.2) is 41.9 Å². The molecule has 3 aliphatic rings. The molecular formula is C16H18N2O5. The molecule has 1 saturated carbocycles. The van der Waals surface area contributed by atoms with E-state index in [9.17, 15) is 14.7 Å². The topological polar surface area (TPSA) is 88.1 Å². The van der Waals surface area contributed by atoms with Crippen molar-refractivity contribution in [3.63, 3.8) is 0 Å². The lowest BCUT2D eigenvalue weighted by Crippen LogP contribution is -2.38. The second-order valence-electron chi connectivity index (χ2n) is 6.40. The molecule has 1 saturated heterocycles. The summed E-state index contributed by atoms with van der Waals surface area (Å²) in [5, 5.41) is 12.4. The lowest BCUT2D eigenvalue weighted by atomic mass is 9.81. The van der Waals surface area contributed by atoms with Crippen molar-refractivity contribution in [3.8, 4) is 11.5 Å². The monoisotopic (exact) mass is 318 g/mol. The average molecular weight is 318 g/mol. The Morgan fingerprint density at radius 3 is 3.00 bits per heavy atom. The van der Waals surface area contributed by atoms with E-state index in [0.29, 0.717) is 30.2 Å². The molecular weight excluding hydrogens is 300 g/mol. The minimum atomic E-state index is -0.785. The van der Waals surface area contributed by atoms with Crippen molar-refractivity contribution in [3.05, 3.63) is 18.2 Å². The molecule has 2 atom stereocenters. The number of carboxylic acid groups (broad SMARTS) is 1. The predicted octanol–water partition coefficient (Wildman–Crippen LogP) is 2.13. The van der Waals surface area contributed by atoms with E-state index < -0.39 is 11.4 Å². The van der Waals surface area contributed by atoms with Crippen LogP contribution in [0.4, 0.5) is 10.5 Å². The van der Waals surface area contributed by atoms with E-state index in [2.05, 4.69) is 5.32 Å². The van der Waals surface area contributed by atoms with Crippen LogP contribution in [0.5, 0.6) is 11.5 Å². The standard InChI is InChI=1S/C16H18N2O5/c19-14(20)16-6-2-3-10(16)7-18(8-16)15(21)17-11-4-1-5-12-13(11)23-9-22-12/h1,4-5,10H,2-3,6-9H2,(H,17,21)(H,19,20)/t10-,16+/m0/s1. The summed E-state index contributed by atoms with van der Waals surface area (Å²) in [6.07, 6.45) is 2.44. The van der Waals surface area contributed by atoms with Gasteiger partial charge in [-0.05, 0) is 30.9 Å². The van der Waals surface area contributed by atoms with Gasteiger partial charge in [-0.2, -0.15) is 0 Å². The number of ether oxygens (including phenoxy) is 2. The Morgan fingerprint density at radius 2 is 2.22 bits per heavy atom. The third-order valence-corrected chi connectivity index (χ3v) is 5.22. The predicted molar refractivity (Wildman–Crippen MR) is 80.6 cm³/mol. The summed E-state index contributed by atoms with van der Waals surface area (Å²) in [5.41, 5.74) is -0.221. The quantitative estimate of drug-likeness (QED) is 0.872. The highest BCUT2D eigenvalue weighted by atomic mass is 16.7. The number of hydrogen-bond donors (Lipinski definition) is 2. The van der Waals surface area contributed by atoms with E-state index in [1.54, 1.807) is 23.1 Å². The van der Waals surface area contributed by atoms with Gasteiger partial charge in [0.05, 0.1) is 11.1 Å². The third kappa shape index (κ3) is 2.10. The lowest BCUT2D eigenvalue weighted by molar-refractivity contribution is -0.149. The Bertz CT molecular complexity index is 676. The highest BCUT2D eigenvalue weighted by Crippen LogP contribution is 2.49. The van der Waals surface area contributed by atoms with Crippen molar-refractivity contribution in [2.24, 2.45) is 11.3 Å². The van der Waals surface area contributed by atoms with Crippen LogP contribution in [-0.2, 0) is 4.79 Å². The van der Waals surface area contributed by atoms with Crippen molar-refractivity contribution >= 4 is 17.7 Å². The number of hydrogen-bond acceptors (Lipinski definition) is 4. The molecule has 1 aromatic rings. The van der Waals surface area contributed by atoms with Crippen LogP contribution in [0.25, 0.3) is 0 Å². The van der Waals surface area contributed by atoms with Gasteiger partial charge in [-0.1, -0.05) is 12.5 Å². The summed E-state index contributed by atoms with van der Waals surface area (Å²) in [6, 6.07) is 5.01. The summed E-state index contributed by atoms with van der Waals surface area (Å²) in [5.74, 6) is 0.385. The number of amides is 2. The van der Waals surface area contributed by atoms with Gasteiger partial charge in [0.2, 0.25) is 6.79 Å². The molecule has 1 aromatic carbocycles. The molecule has 2 N–H and O–H groups in total. The fraction of sp³-hybridized carbons (Fsp3) is 0.500. The number of fused-ring (bicyclic) bond motifs is 2. The van der Waals surface area contributed by atoms with Crippen molar-refractivity contribution in [1.29, 1.82) is 0 Å². The Kier molecular flexibility index (Phi) is 3.11. The van der Waals surface area contributed by atoms with Gasteiger partial charge in [0.25, 0.3) is 0 Å². The first-order chi connectivity index (χ1) is 11.1. The van der Waals surface area contributed by atoms with Crippen molar-refractivity contribution in [2.75, 3.05) is 25.2 Å². The normalized spacial score (nSPS) is 27.8. The molecule has 4 rings (SSSR count). The summed E-state index contributed by atoms with van der Waals surface area (Å²) in [6.45, 7) is 0.895. The maximum absolute atomic E-state index is 12.5. The second-order valence-corrected chi connectivity index (χ2v) is 6.40. The number of nitrogens with one attached hydrogen (secondary N) is 1. The van der Waals surface area contributed by atoms with Gasteiger partial charge in [-0.3, -0.25) is 4.79 Å². The Morgan fingerprint density at radius 1 is 1.35 bits per heavy atom. The minimum absolute atomic E-state index is 0.0480. The average Bonchev–Trinajstić information content (AvgIpc) is 3.21. The van der Waals surface area contributed by atoms with E-state index in [0.717, 1.165) is 12.8 Å². The number of anilines is 1. The van der Waals surface area contributed by atoms with Gasteiger partial charge in [0.15, 0.2) is 11.5 Å². The SMILES string of the molecule is O=C(Nc1cccc2c1OCO2)N1C[C@@H]2CCC[C@@]2(C(=O)O)C1. The van der Waals surface area contributed by atoms with E-state index in [4.69, 9.17) is 9.47 Å². The molecule has 0 unspecified atom stereocenters. The maximum atomic E-state index is 12.5. The van der Waals surface area contributed by atoms with Crippen LogP contribution in [0.15, 0.2) is 18.2 Å². The second kappa shape index (κ2) is 5.04. The zero-order valence-electron chi connectivity index (χ0n) is 12.6. The summed E-state index contributed by atoms with van der Waals surface area (Å²) in [4.78, 5) is 25.8. The molecule has 7 nitrogen and oxygen atoms in total. The van der Waals surface area contributed by atoms with Crippen LogP contribution in [0, 0.1) is 11.3 Å². The minimum Gasteiger partial charge on any atom is -0.481 e. The molecule has 122 valence electrons. The fourth-order valence-corrected chi connectivity index (χ4v) is 4.02. The smallest absolute Gasteiger partial charge is 0.321 e. The number of likely N-dealkylation sites (tertiary alicyclic amines) is 1. The number of urea groups is 1. The van der Waals surface area contributed by atoms with Gasteiger partial charge < -0.3 is 24.8 Å². The van der Waals surface area contributed by atoms with Crippen LogP contribution in [0.3, 0.4) is 0 Å². The van der Waals surface area contributed by atoms with E-state index in [-0.39, 0.29) is 25.3 Å². The number of rotatable bonds is 2. The molecule has 1 aliphatic carbocycles. The number of carbonyl (C=O) groups excluding carboxylic acids is 1. The van der Waals surface area contributed by atoms with Crippen LogP contribution < -0.4 is 14.8 Å². The fourth-order valence-electron chi connectivity index (χ4n) is 4.02. The number of para-hydroxylation sites is 1. The summed E-state index contributed by atoms with van der Waals surface area (Å²) < 4.78 is 10.7. The van der Waals surface area contributed by atoms with Crippen molar-refractivity contribution in [2.45, 2.75) is 19.3 Å². The van der Waals surface area contributed by atoms with E-state index >= 15 is 0 Å². The van der Waals surface area contributed by atoms with Crippen LogP contribution in [0.2, 0.25) is 0 Å². The highest BCUT2D eigenvalue weighted by Gasteiger charge is 2.55. The number of carbonyl (C=O) groups is 2. The molecule has 23 heavy (non-hydrogen) atoms. The Hall–Kier alpha value is -2.44. The summed E-state index contributed by atoms with van der Waals surface area (Å²) >= 11 is 0. The first kappa shape index (κ1) is 14.2. The van der Waals surface area contributed by atoms with Crippen molar-refractivity contribution < 1.29 is 24.2 Å². The van der Waals surface area contributed by atoms with Gasteiger partial charge in [-0.15, -0.1) is 0 Å². The van der Waals surface area contributed by atoms with Crippen molar-refractivity contribution in [1.82, 2.24) is 4.90 Å². The lowest BCUT2D eigenvalue weighted by Gasteiger charge is -2.23. The molecule has 0 aromatic heterocycles. The van der Waals surface area contributed by atoms with Gasteiger partial charge in [0.1, 0.15) is 0 Å². The van der Waals surface area contributed by atoms with Gasteiger partial charge in [-0.25, -0.2) is 4.79 Å². The molecule has 7 heteroatoms. The zero-order valence-corrected chi connectivity index (χ0v) is 12.6. The molecule has 2 amide bonds. The molecule has 0 spiro atoms. The van der Waals surface area contributed by atoms with Gasteiger partial charge in [0, 0.05) is 13.1 Å². The maximum Gasteiger partial charge on any atom is 0.321 e. The molecule has 2 heterocycles. The number of carboxylic acids is 1. The van der Waals surface area contributed by atoms with Crippen LogP contribution in [0.1, 0.15) is 19.3 Å².